The molecule has 0 bridgehead atoms. The van der Waals surface area contributed by atoms with E-state index >= 15 is 0 Å². The van der Waals surface area contributed by atoms with Crippen molar-refractivity contribution in [3.05, 3.63) is 0 Å². The Balaban J connectivity index is 0.00000256. The largest absolute Gasteiger partial charge is 0.419 e. The molecule has 0 spiro atoms. The average Bonchev–Trinajstić information content (AvgIpc) is 2.58. The van der Waals surface area contributed by atoms with Crippen LogP contribution >= 0.6 is 12.4 Å². The molecule has 3 N–H and O–H groups in total. The summed E-state index contributed by atoms with van der Waals surface area (Å²) < 4.78 is 37.3. The van der Waals surface area contributed by atoms with Gasteiger partial charge in [0.25, 0.3) is 0 Å². The Morgan fingerprint density at radius 1 is 1.47 bits per heavy atom. The summed E-state index contributed by atoms with van der Waals surface area (Å²) in [7, 11) is 0. The zero-order chi connectivity index (χ0) is 12.4. The van der Waals surface area contributed by atoms with Gasteiger partial charge in [-0.1, -0.05) is 0 Å². The number of rotatable bonds is 3. The lowest BCUT2D eigenvalue weighted by Crippen LogP contribution is -2.48. The van der Waals surface area contributed by atoms with Crippen molar-refractivity contribution >= 4 is 18.3 Å². The Labute approximate surface area is 103 Å². The van der Waals surface area contributed by atoms with E-state index in [1.54, 1.807) is 0 Å². The quantitative estimate of drug-likeness (QED) is 0.796. The average molecular weight is 277 g/mol. The van der Waals surface area contributed by atoms with Gasteiger partial charge in [0.05, 0.1) is 6.54 Å². The van der Waals surface area contributed by atoms with E-state index in [0.717, 1.165) is 4.90 Å². The number of amides is 1. The minimum absolute atomic E-state index is 0. The summed E-state index contributed by atoms with van der Waals surface area (Å²) in [5.74, 6) is -0.384. The number of nitrogens with two attached hydrogens (primary N) is 1. The second-order valence-corrected chi connectivity index (χ2v) is 3.99. The van der Waals surface area contributed by atoms with Crippen molar-refractivity contribution in [1.82, 2.24) is 4.90 Å². The zero-order valence-corrected chi connectivity index (χ0v) is 9.98. The fourth-order valence-corrected chi connectivity index (χ4v) is 1.65. The number of carbonyl (C=O) groups excluding carboxylic acids is 1. The van der Waals surface area contributed by atoms with Crippen molar-refractivity contribution in [1.29, 1.82) is 0 Å². The second kappa shape index (κ2) is 5.88. The lowest BCUT2D eigenvalue weighted by atomic mass is 10.0. The smallest absolute Gasteiger partial charge is 0.379 e. The van der Waals surface area contributed by atoms with Gasteiger partial charge in [0.2, 0.25) is 5.91 Å². The first kappa shape index (κ1) is 16.5. The van der Waals surface area contributed by atoms with Crippen molar-refractivity contribution in [2.45, 2.75) is 31.0 Å². The number of aliphatic hydroxyl groups is 1. The van der Waals surface area contributed by atoms with Gasteiger partial charge >= 0.3 is 6.18 Å². The fraction of sp³-hybridized carbons (Fsp3) is 0.889. The highest BCUT2D eigenvalue weighted by Gasteiger charge is 2.57. The molecule has 1 fully saturated rings. The van der Waals surface area contributed by atoms with E-state index in [0.29, 0.717) is 13.0 Å². The molecule has 0 aliphatic carbocycles. The molecule has 1 atom stereocenters. The van der Waals surface area contributed by atoms with Crippen LogP contribution in [-0.2, 0) is 4.79 Å². The van der Waals surface area contributed by atoms with E-state index in [1.807, 2.05) is 0 Å². The summed E-state index contributed by atoms with van der Waals surface area (Å²) in [6.45, 7) is -0.400. The monoisotopic (exact) mass is 276 g/mol. The van der Waals surface area contributed by atoms with Crippen LogP contribution in [0, 0.1) is 0 Å². The van der Waals surface area contributed by atoms with Gasteiger partial charge in [0, 0.05) is 19.4 Å². The van der Waals surface area contributed by atoms with Crippen molar-refractivity contribution in [3.63, 3.8) is 0 Å². The number of β-amino-alcohol motifs (C(OH)–C–C–N with tert-alkyl or cyclic N) is 1. The third-order valence-electron chi connectivity index (χ3n) is 2.72. The summed E-state index contributed by atoms with van der Waals surface area (Å²) in [4.78, 5) is 12.5. The summed E-state index contributed by atoms with van der Waals surface area (Å²) in [6.07, 6.45) is -4.56. The lowest BCUT2D eigenvalue weighted by molar-refractivity contribution is -0.253. The first-order valence-corrected chi connectivity index (χ1v) is 5.07. The molecule has 0 radical (unpaired) electrons. The summed E-state index contributed by atoms with van der Waals surface area (Å²) in [6, 6.07) is 0. The standard InChI is InChI=1S/C9H15F3N2O2.ClH/c10-9(11,12)8(16)3-5-14(6-8)7(15)2-1-4-13;/h16H,1-6,13H2;1H. The number of halogens is 4. The molecule has 1 saturated heterocycles. The maximum absolute atomic E-state index is 12.4. The van der Waals surface area contributed by atoms with Crippen molar-refractivity contribution in [2.75, 3.05) is 19.6 Å². The number of carbonyl (C=O) groups is 1. The van der Waals surface area contributed by atoms with Crippen LogP contribution in [0.25, 0.3) is 0 Å². The molecule has 102 valence electrons. The lowest BCUT2D eigenvalue weighted by Gasteiger charge is -2.25. The van der Waals surface area contributed by atoms with Crippen LogP contribution in [0.15, 0.2) is 0 Å². The SMILES string of the molecule is Cl.NCCCC(=O)N1CCC(O)(C(F)(F)F)C1. The third-order valence-corrected chi connectivity index (χ3v) is 2.72. The Morgan fingerprint density at radius 2 is 2.06 bits per heavy atom. The van der Waals surface area contributed by atoms with Crippen LogP contribution in [-0.4, -0.2) is 47.3 Å². The molecule has 1 amide bonds. The second-order valence-electron chi connectivity index (χ2n) is 3.99. The van der Waals surface area contributed by atoms with Gasteiger partial charge < -0.3 is 15.7 Å². The minimum Gasteiger partial charge on any atom is -0.379 e. The molecule has 1 rings (SSSR count). The molecule has 0 aromatic rings. The van der Waals surface area contributed by atoms with E-state index < -0.39 is 24.7 Å². The van der Waals surface area contributed by atoms with Crippen LogP contribution in [0.3, 0.4) is 0 Å². The Bertz CT molecular complexity index is 275. The van der Waals surface area contributed by atoms with Crippen LogP contribution in [0.4, 0.5) is 13.2 Å². The maximum atomic E-state index is 12.4. The molecule has 1 unspecified atom stereocenters. The van der Waals surface area contributed by atoms with Gasteiger partial charge in [-0.3, -0.25) is 4.79 Å². The molecule has 4 nitrogen and oxygen atoms in total. The number of hydrogen-bond acceptors (Lipinski definition) is 3. The van der Waals surface area contributed by atoms with Crippen LogP contribution in [0.5, 0.6) is 0 Å². The Kier molecular flexibility index (Phi) is 5.70. The highest BCUT2D eigenvalue weighted by Crippen LogP contribution is 2.37. The molecule has 17 heavy (non-hydrogen) atoms. The van der Waals surface area contributed by atoms with Crippen molar-refractivity contribution in [3.8, 4) is 0 Å². The molecule has 0 saturated carbocycles. The predicted octanol–water partition coefficient (Wildman–Crippen LogP) is 0.673. The number of alkyl halides is 3. The van der Waals surface area contributed by atoms with Crippen LogP contribution in [0.2, 0.25) is 0 Å². The van der Waals surface area contributed by atoms with Crippen LogP contribution < -0.4 is 5.73 Å². The molecule has 0 aromatic carbocycles. The third kappa shape index (κ3) is 3.72. The van der Waals surface area contributed by atoms with E-state index in [4.69, 9.17) is 5.73 Å². The van der Waals surface area contributed by atoms with Gasteiger partial charge in [-0.05, 0) is 13.0 Å². The van der Waals surface area contributed by atoms with E-state index in [9.17, 15) is 23.1 Å². The topological polar surface area (TPSA) is 66.6 Å². The summed E-state index contributed by atoms with van der Waals surface area (Å²) >= 11 is 0. The van der Waals surface area contributed by atoms with Crippen molar-refractivity contribution in [2.24, 2.45) is 5.73 Å². The zero-order valence-electron chi connectivity index (χ0n) is 9.16. The molecule has 0 aromatic heterocycles. The molecular formula is C9H16ClF3N2O2. The van der Waals surface area contributed by atoms with E-state index in [1.165, 1.54) is 0 Å². The Morgan fingerprint density at radius 3 is 2.47 bits per heavy atom. The highest BCUT2D eigenvalue weighted by atomic mass is 35.5. The molecule has 1 heterocycles. The van der Waals surface area contributed by atoms with E-state index in [2.05, 4.69) is 0 Å². The number of hydrogen-bond donors (Lipinski definition) is 2. The summed E-state index contributed by atoms with van der Waals surface area (Å²) in [5, 5.41) is 9.33. The molecule has 1 aliphatic rings. The minimum atomic E-state index is -4.68. The Hall–Kier alpha value is -0.530. The van der Waals surface area contributed by atoms with Gasteiger partial charge in [-0.25, -0.2) is 0 Å². The molecular weight excluding hydrogens is 261 g/mol. The van der Waals surface area contributed by atoms with Gasteiger partial charge in [-0.15, -0.1) is 12.4 Å². The van der Waals surface area contributed by atoms with Gasteiger partial charge in [0.15, 0.2) is 5.60 Å². The first-order valence-electron chi connectivity index (χ1n) is 5.07. The molecule has 1 aliphatic heterocycles. The number of likely N-dealkylation sites (tertiary alicyclic amines) is 1. The normalized spacial score (nSPS) is 24.6. The molecule has 8 heteroatoms. The maximum Gasteiger partial charge on any atom is 0.419 e. The van der Waals surface area contributed by atoms with Crippen LogP contribution in [0.1, 0.15) is 19.3 Å². The fourth-order valence-electron chi connectivity index (χ4n) is 1.65. The highest BCUT2D eigenvalue weighted by molar-refractivity contribution is 5.85. The summed E-state index contributed by atoms with van der Waals surface area (Å²) in [5.41, 5.74) is 2.45. The van der Waals surface area contributed by atoms with E-state index in [-0.39, 0.29) is 31.3 Å². The van der Waals surface area contributed by atoms with Crippen molar-refractivity contribution < 1.29 is 23.1 Å². The first-order chi connectivity index (χ1) is 7.30. The number of nitrogens with zero attached hydrogens (tertiary/aromatic N) is 1. The van der Waals surface area contributed by atoms with Gasteiger partial charge in [-0.2, -0.15) is 13.2 Å². The predicted molar refractivity (Wildman–Crippen MR) is 57.7 cm³/mol. The van der Waals surface area contributed by atoms with Gasteiger partial charge in [0.1, 0.15) is 0 Å².